The van der Waals surface area contributed by atoms with Gasteiger partial charge in [-0.3, -0.25) is 9.78 Å². The molecule has 0 aliphatic rings. The van der Waals surface area contributed by atoms with Crippen molar-refractivity contribution in [3.05, 3.63) is 30.4 Å². The zero-order valence-electron chi connectivity index (χ0n) is 11.7. The van der Waals surface area contributed by atoms with Crippen molar-refractivity contribution >= 4 is 5.97 Å². The van der Waals surface area contributed by atoms with Gasteiger partial charge in [-0.25, -0.2) is 0 Å². The Morgan fingerprint density at radius 3 is 2.80 bits per heavy atom. The van der Waals surface area contributed by atoms with Gasteiger partial charge in [-0.2, -0.15) is 4.98 Å². The van der Waals surface area contributed by atoms with Gasteiger partial charge in [0.25, 0.3) is 0 Å². The number of rotatable bonds is 5. The normalized spacial score (nSPS) is 14.2. The minimum absolute atomic E-state index is 0.0475. The van der Waals surface area contributed by atoms with E-state index in [2.05, 4.69) is 15.1 Å². The van der Waals surface area contributed by atoms with Crippen molar-refractivity contribution in [1.82, 2.24) is 15.1 Å². The molecule has 0 spiro atoms. The number of carbonyl (C=O) groups is 1. The zero-order valence-corrected chi connectivity index (χ0v) is 11.7. The van der Waals surface area contributed by atoms with Gasteiger partial charge in [-0.05, 0) is 25.0 Å². The SMILES string of the molecule is CC(C)C(C)(Cc1nc(-c2cccnc2)no1)C(=O)O. The average Bonchev–Trinajstić information content (AvgIpc) is 2.87. The van der Waals surface area contributed by atoms with E-state index in [4.69, 9.17) is 4.52 Å². The largest absolute Gasteiger partial charge is 0.481 e. The van der Waals surface area contributed by atoms with Gasteiger partial charge >= 0.3 is 5.97 Å². The van der Waals surface area contributed by atoms with Crippen LogP contribution in [0.15, 0.2) is 29.0 Å². The maximum atomic E-state index is 11.4. The Kier molecular flexibility index (Phi) is 3.83. The minimum Gasteiger partial charge on any atom is -0.481 e. The van der Waals surface area contributed by atoms with Crippen LogP contribution in [-0.2, 0) is 11.2 Å². The first-order valence-corrected chi connectivity index (χ1v) is 6.40. The molecule has 0 radical (unpaired) electrons. The summed E-state index contributed by atoms with van der Waals surface area (Å²) in [5.41, 5.74) is -0.192. The van der Waals surface area contributed by atoms with Gasteiger partial charge in [-0.1, -0.05) is 19.0 Å². The Labute approximate surface area is 116 Å². The molecule has 1 atom stereocenters. The lowest BCUT2D eigenvalue weighted by atomic mass is 9.76. The lowest BCUT2D eigenvalue weighted by Crippen LogP contribution is -2.35. The highest BCUT2D eigenvalue weighted by atomic mass is 16.5. The van der Waals surface area contributed by atoms with Gasteiger partial charge in [0.2, 0.25) is 11.7 Å². The average molecular weight is 275 g/mol. The summed E-state index contributed by atoms with van der Waals surface area (Å²) >= 11 is 0. The zero-order chi connectivity index (χ0) is 14.8. The fraction of sp³-hybridized carbons (Fsp3) is 0.429. The molecule has 1 unspecified atom stereocenters. The molecule has 1 N–H and O–H groups in total. The van der Waals surface area contributed by atoms with E-state index in [1.807, 2.05) is 19.9 Å². The van der Waals surface area contributed by atoms with Crippen LogP contribution in [0.1, 0.15) is 26.7 Å². The number of hydrogen-bond donors (Lipinski definition) is 1. The molecule has 106 valence electrons. The maximum Gasteiger partial charge on any atom is 0.310 e. The first-order valence-electron chi connectivity index (χ1n) is 6.40. The fourth-order valence-electron chi connectivity index (χ4n) is 1.78. The van der Waals surface area contributed by atoms with Crippen molar-refractivity contribution in [2.75, 3.05) is 0 Å². The molecule has 0 amide bonds. The van der Waals surface area contributed by atoms with Crippen molar-refractivity contribution in [3.8, 4) is 11.4 Å². The smallest absolute Gasteiger partial charge is 0.310 e. The number of carboxylic acids is 1. The standard InChI is InChI=1S/C14H17N3O3/c1-9(2)14(3,13(18)19)7-11-16-12(17-20-11)10-5-4-6-15-8-10/h4-6,8-9H,7H2,1-3H3,(H,18,19). The predicted molar refractivity (Wildman–Crippen MR) is 71.8 cm³/mol. The molecule has 2 aromatic heterocycles. The monoisotopic (exact) mass is 275 g/mol. The molecular weight excluding hydrogens is 258 g/mol. The Morgan fingerprint density at radius 2 is 2.25 bits per heavy atom. The molecule has 0 fully saturated rings. The van der Waals surface area contributed by atoms with Gasteiger partial charge in [0, 0.05) is 24.4 Å². The van der Waals surface area contributed by atoms with Crippen LogP contribution in [0.5, 0.6) is 0 Å². The quantitative estimate of drug-likeness (QED) is 0.901. The Morgan fingerprint density at radius 1 is 1.50 bits per heavy atom. The number of aromatic nitrogens is 3. The second-order valence-corrected chi connectivity index (χ2v) is 5.31. The molecule has 2 rings (SSSR count). The van der Waals surface area contributed by atoms with Crippen LogP contribution >= 0.6 is 0 Å². The Bertz CT molecular complexity index is 595. The van der Waals surface area contributed by atoms with Crippen LogP contribution in [0.2, 0.25) is 0 Å². The molecule has 0 aliphatic carbocycles. The summed E-state index contributed by atoms with van der Waals surface area (Å²) in [6.07, 6.45) is 3.49. The van der Waals surface area contributed by atoms with Gasteiger partial charge < -0.3 is 9.63 Å². The topological polar surface area (TPSA) is 89.1 Å². The maximum absolute atomic E-state index is 11.4. The molecule has 2 aromatic rings. The van der Waals surface area contributed by atoms with Crippen LogP contribution in [0.25, 0.3) is 11.4 Å². The van der Waals surface area contributed by atoms with Gasteiger partial charge in [0.1, 0.15) is 0 Å². The van der Waals surface area contributed by atoms with Gasteiger partial charge in [0.05, 0.1) is 5.41 Å². The summed E-state index contributed by atoms with van der Waals surface area (Å²) in [6, 6.07) is 3.60. The summed E-state index contributed by atoms with van der Waals surface area (Å²) < 4.78 is 5.16. The molecule has 0 aromatic carbocycles. The van der Waals surface area contributed by atoms with E-state index in [9.17, 15) is 9.90 Å². The molecule has 6 nitrogen and oxygen atoms in total. The highest BCUT2D eigenvalue weighted by Gasteiger charge is 2.38. The van der Waals surface area contributed by atoms with Crippen molar-refractivity contribution < 1.29 is 14.4 Å². The van der Waals surface area contributed by atoms with Crippen LogP contribution in [-0.4, -0.2) is 26.2 Å². The third-order valence-electron chi connectivity index (χ3n) is 3.67. The van der Waals surface area contributed by atoms with Crippen LogP contribution in [0, 0.1) is 11.3 Å². The van der Waals surface area contributed by atoms with E-state index in [1.165, 1.54) is 0 Å². The van der Waals surface area contributed by atoms with Crippen molar-refractivity contribution in [3.63, 3.8) is 0 Å². The van der Waals surface area contributed by atoms with E-state index >= 15 is 0 Å². The third kappa shape index (κ3) is 2.68. The molecule has 20 heavy (non-hydrogen) atoms. The van der Waals surface area contributed by atoms with Crippen molar-refractivity contribution in [1.29, 1.82) is 0 Å². The summed E-state index contributed by atoms with van der Waals surface area (Å²) in [4.78, 5) is 19.7. The molecule has 0 saturated heterocycles. The number of carboxylic acid groups (broad SMARTS) is 1. The first kappa shape index (κ1) is 14.2. The number of nitrogens with zero attached hydrogens (tertiary/aromatic N) is 3. The number of hydrogen-bond acceptors (Lipinski definition) is 5. The lowest BCUT2D eigenvalue weighted by molar-refractivity contribution is -0.150. The molecule has 2 heterocycles. The number of aliphatic carboxylic acids is 1. The van der Waals surface area contributed by atoms with Crippen molar-refractivity contribution in [2.24, 2.45) is 11.3 Å². The van der Waals surface area contributed by atoms with E-state index in [1.54, 1.807) is 25.4 Å². The second kappa shape index (κ2) is 5.40. The minimum atomic E-state index is -0.932. The highest BCUT2D eigenvalue weighted by Crippen LogP contribution is 2.31. The van der Waals surface area contributed by atoms with Gasteiger partial charge in [0.15, 0.2) is 0 Å². The van der Waals surface area contributed by atoms with E-state index in [0.717, 1.165) is 5.56 Å². The van der Waals surface area contributed by atoms with E-state index in [0.29, 0.717) is 11.7 Å². The molecule has 0 saturated carbocycles. The van der Waals surface area contributed by atoms with Crippen molar-refractivity contribution in [2.45, 2.75) is 27.2 Å². The fourth-order valence-corrected chi connectivity index (χ4v) is 1.78. The molecule has 0 aliphatic heterocycles. The molecule has 6 heteroatoms. The first-order chi connectivity index (χ1) is 9.43. The van der Waals surface area contributed by atoms with Crippen LogP contribution in [0.4, 0.5) is 0 Å². The summed E-state index contributed by atoms with van der Waals surface area (Å²) in [5.74, 6) is -0.172. The highest BCUT2D eigenvalue weighted by molar-refractivity contribution is 5.74. The molecule has 0 bridgehead atoms. The summed E-state index contributed by atoms with van der Waals surface area (Å²) in [6.45, 7) is 5.42. The Balaban J connectivity index is 2.24. The van der Waals surface area contributed by atoms with E-state index in [-0.39, 0.29) is 12.3 Å². The lowest BCUT2D eigenvalue weighted by Gasteiger charge is -2.27. The van der Waals surface area contributed by atoms with Gasteiger partial charge in [-0.15, -0.1) is 0 Å². The molecular formula is C14H17N3O3. The third-order valence-corrected chi connectivity index (χ3v) is 3.67. The second-order valence-electron chi connectivity index (χ2n) is 5.31. The Hall–Kier alpha value is -2.24. The summed E-state index contributed by atoms with van der Waals surface area (Å²) in [5, 5.41) is 13.3. The van der Waals surface area contributed by atoms with E-state index < -0.39 is 11.4 Å². The number of pyridine rings is 1. The van der Waals surface area contributed by atoms with Crippen LogP contribution < -0.4 is 0 Å². The summed E-state index contributed by atoms with van der Waals surface area (Å²) in [7, 11) is 0. The predicted octanol–water partition coefficient (Wildman–Crippen LogP) is 2.42. The van der Waals surface area contributed by atoms with Crippen LogP contribution in [0.3, 0.4) is 0 Å².